The van der Waals surface area contributed by atoms with Crippen LogP contribution in [0.25, 0.3) is 0 Å². The van der Waals surface area contributed by atoms with Gasteiger partial charge in [0.2, 0.25) is 0 Å². The monoisotopic (exact) mass is 237 g/mol. The largest absolute Gasteiger partial charge is 0.694 e. The average molecular weight is 237 g/mol. The van der Waals surface area contributed by atoms with Gasteiger partial charge in [-0.3, -0.25) is 0 Å². The first-order valence-electron chi connectivity index (χ1n) is 3.97. The molecule has 1 aliphatic rings. The second-order valence-corrected chi connectivity index (χ2v) is 5.02. The van der Waals surface area contributed by atoms with Gasteiger partial charge in [0.05, 0.1) is 25.3 Å². The standard InChI is InChI=1S/C6H10BO5PS/c1-11-5-4(8)3(14-6(5)7)2-12-13(9)10/h3-6,8H,2H2,1H3/p+1. The second kappa shape index (κ2) is 5.44. The van der Waals surface area contributed by atoms with Crippen LogP contribution in [0.15, 0.2) is 0 Å². The van der Waals surface area contributed by atoms with E-state index < -0.39 is 20.5 Å². The number of hydrogen-bond acceptors (Lipinski definition) is 5. The predicted molar refractivity (Wildman–Crippen MR) is 53.5 cm³/mol. The van der Waals surface area contributed by atoms with Crippen LogP contribution in [-0.2, 0) is 13.8 Å². The minimum atomic E-state index is -2.62. The first kappa shape index (κ1) is 12.4. The molecule has 0 aliphatic carbocycles. The fraction of sp³-hybridized carbons (Fsp3) is 1.00. The van der Waals surface area contributed by atoms with Crippen molar-refractivity contribution in [2.24, 2.45) is 0 Å². The zero-order valence-corrected chi connectivity index (χ0v) is 9.28. The summed E-state index contributed by atoms with van der Waals surface area (Å²) in [6.07, 6.45) is -1.22. The molecular weight excluding hydrogens is 226 g/mol. The SMILES string of the molecule is [B]C1SC(CO[P+](=O)O)C(O)C1OC. The number of aliphatic hydroxyl groups excluding tert-OH is 1. The van der Waals surface area contributed by atoms with Gasteiger partial charge in [-0.25, -0.2) is 0 Å². The maximum atomic E-state index is 10.3. The highest BCUT2D eigenvalue weighted by Crippen LogP contribution is 2.35. The lowest BCUT2D eigenvalue weighted by Crippen LogP contribution is -2.35. The third-order valence-corrected chi connectivity index (χ3v) is 3.71. The summed E-state index contributed by atoms with van der Waals surface area (Å²) in [5.41, 5.74) is 0. The molecule has 0 bridgehead atoms. The van der Waals surface area contributed by atoms with Crippen LogP contribution in [-0.4, -0.2) is 54.2 Å². The van der Waals surface area contributed by atoms with Crippen LogP contribution in [0.3, 0.4) is 0 Å². The summed E-state index contributed by atoms with van der Waals surface area (Å²) >= 11 is 1.29. The summed E-state index contributed by atoms with van der Waals surface area (Å²) < 4.78 is 19.8. The number of thioether (sulfide) groups is 1. The molecule has 2 N–H and O–H groups in total. The maximum absolute atomic E-state index is 10.3. The molecule has 1 heterocycles. The van der Waals surface area contributed by atoms with E-state index in [1.165, 1.54) is 18.9 Å². The molecule has 78 valence electrons. The van der Waals surface area contributed by atoms with Gasteiger partial charge in [0.15, 0.2) is 0 Å². The molecule has 1 saturated heterocycles. The highest BCUT2D eigenvalue weighted by Gasteiger charge is 2.42. The number of rotatable bonds is 4. The van der Waals surface area contributed by atoms with Crippen molar-refractivity contribution >= 4 is 27.9 Å². The Morgan fingerprint density at radius 2 is 2.29 bits per heavy atom. The van der Waals surface area contributed by atoms with Gasteiger partial charge >= 0.3 is 8.25 Å². The van der Waals surface area contributed by atoms with Crippen molar-refractivity contribution in [3.63, 3.8) is 0 Å². The summed E-state index contributed by atoms with van der Waals surface area (Å²) in [7, 11) is 4.50. The van der Waals surface area contributed by atoms with E-state index in [1.807, 2.05) is 0 Å². The van der Waals surface area contributed by atoms with Crippen LogP contribution < -0.4 is 0 Å². The van der Waals surface area contributed by atoms with Crippen LogP contribution >= 0.6 is 20.0 Å². The summed E-state index contributed by atoms with van der Waals surface area (Å²) in [4.78, 5) is 8.42. The normalized spacial score (nSPS) is 38.6. The van der Waals surface area contributed by atoms with Crippen molar-refractivity contribution in [3.8, 4) is 0 Å². The van der Waals surface area contributed by atoms with E-state index >= 15 is 0 Å². The first-order chi connectivity index (χ1) is 6.56. The Hall–Kier alpha value is 0.355. The molecule has 5 unspecified atom stereocenters. The fourth-order valence-electron chi connectivity index (χ4n) is 1.31. The molecule has 2 radical (unpaired) electrons. The highest BCUT2D eigenvalue weighted by molar-refractivity contribution is 8.02. The number of hydrogen-bond donors (Lipinski definition) is 2. The fourth-order valence-corrected chi connectivity index (χ4v) is 3.00. The van der Waals surface area contributed by atoms with Crippen LogP contribution in [0, 0.1) is 0 Å². The van der Waals surface area contributed by atoms with E-state index in [0.717, 1.165) is 0 Å². The molecule has 14 heavy (non-hydrogen) atoms. The van der Waals surface area contributed by atoms with Crippen molar-refractivity contribution < 1.29 is 23.8 Å². The number of aliphatic hydroxyl groups is 1. The smallest absolute Gasteiger partial charge is 0.389 e. The third-order valence-electron chi connectivity index (χ3n) is 1.99. The summed E-state index contributed by atoms with van der Waals surface area (Å²) in [6, 6.07) is 0. The molecule has 1 aliphatic heterocycles. The molecule has 1 rings (SSSR count). The Bertz CT molecular complexity index is 218. The van der Waals surface area contributed by atoms with Crippen molar-refractivity contribution in [2.45, 2.75) is 22.6 Å². The Labute approximate surface area is 88.5 Å². The molecule has 0 aromatic carbocycles. The van der Waals surface area contributed by atoms with Gasteiger partial charge in [-0.1, -0.05) is 0 Å². The van der Waals surface area contributed by atoms with Gasteiger partial charge in [0.25, 0.3) is 0 Å². The van der Waals surface area contributed by atoms with Gasteiger partial charge in [-0.15, -0.1) is 9.42 Å². The zero-order valence-electron chi connectivity index (χ0n) is 7.57. The summed E-state index contributed by atoms with van der Waals surface area (Å²) in [5.74, 6) is 0. The maximum Gasteiger partial charge on any atom is 0.694 e. The topological polar surface area (TPSA) is 76.0 Å². The molecule has 0 aromatic heterocycles. The number of methoxy groups -OCH3 is 1. The number of ether oxygens (including phenoxy) is 1. The molecule has 0 amide bonds. The van der Waals surface area contributed by atoms with Gasteiger partial charge in [0.1, 0.15) is 6.61 Å². The van der Waals surface area contributed by atoms with E-state index in [-0.39, 0.29) is 17.0 Å². The lowest BCUT2D eigenvalue weighted by Gasteiger charge is -2.17. The minimum Gasteiger partial charge on any atom is -0.389 e. The Kier molecular flexibility index (Phi) is 4.83. The minimum absolute atomic E-state index is 0.00883. The van der Waals surface area contributed by atoms with Gasteiger partial charge in [-0.05, 0) is 5.15 Å². The van der Waals surface area contributed by atoms with Crippen LogP contribution in [0.1, 0.15) is 0 Å². The molecule has 0 spiro atoms. The van der Waals surface area contributed by atoms with E-state index in [9.17, 15) is 9.67 Å². The average Bonchev–Trinajstić information content (AvgIpc) is 2.38. The third kappa shape index (κ3) is 2.92. The summed E-state index contributed by atoms with van der Waals surface area (Å²) in [6.45, 7) is -0.00883. The van der Waals surface area contributed by atoms with Crippen molar-refractivity contribution in [3.05, 3.63) is 0 Å². The van der Waals surface area contributed by atoms with Crippen molar-refractivity contribution in [1.29, 1.82) is 0 Å². The Balaban J connectivity index is 2.44. The molecule has 5 nitrogen and oxygen atoms in total. The van der Waals surface area contributed by atoms with E-state index in [0.29, 0.717) is 0 Å². The van der Waals surface area contributed by atoms with Crippen LogP contribution in [0.5, 0.6) is 0 Å². The van der Waals surface area contributed by atoms with Crippen LogP contribution in [0.4, 0.5) is 0 Å². The molecule has 1 fully saturated rings. The van der Waals surface area contributed by atoms with E-state index in [4.69, 9.17) is 17.5 Å². The Morgan fingerprint density at radius 3 is 2.71 bits per heavy atom. The van der Waals surface area contributed by atoms with Crippen LogP contribution in [0.2, 0.25) is 0 Å². The highest BCUT2D eigenvalue weighted by atomic mass is 32.2. The van der Waals surface area contributed by atoms with E-state index in [2.05, 4.69) is 4.52 Å². The molecule has 0 saturated carbocycles. The molecule has 5 atom stereocenters. The van der Waals surface area contributed by atoms with E-state index in [1.54, 1.807) is 0 Å². The van der Waals surface area contributed by atoms with Gasteiger partial charge in [-0.2, -0.15) is 11.8 Å². The molecule has 8 heteroatoms. The lowest BCUT2D eigenvalue weighted by molar-refractivity contribution is 0.000167. The second-order valence-electron chi connectivity index (χ2n) is 2.86. The first-order valence-corrected chi connectivity index (χ1v) is 6.04. The predicted octanol–water partition coefficient (Wildman–Crippen LogP) is -0.361. The zero-order chi connectivity index (χ0) is 10.7. The van der Waals surface area contributed by atoms with Gasteiger partial charge < -0.3 is 9.84 Å². The van der Waals surface area contributed by atoms with Crippen molar-refractivity contribution in [2.75, 3.05) is 13.7 Å². The van der Waals surface area contributed by atoms with Gasteiger partial charge in [0, 0.05) is 11.7 Å². The summed E-state index contributed by atoms with van der Waals surface area (Å²) in [5, 5.41) is 9.00. The lowest BCUT2D eigenvalue weighted by atomic mass is 9.94. The molecular formula is C6H11BO5PS+. The Morgan fingerprint density at radius 1 is 1.64 bits per heavy atom. The van der Waals surface area contributed by atoms with Crippen molar-refractivity contribution in [1.82, 2.24) is 0 Å². The molecule has 0 aromatic rings. The quantitative estimate of drug-likeness (QED) is 0.513.